The van der Waals surface area contributed by atoms with E-state index >= 15 is 0 Å². The zero-order valence-corrected chi connectivity index (χ0v) is 11.6. The lowest BCUT2D eigenvalue weighted by Crippen LogP contribution is -2.32. The van der Waals surface area contributed by atoms with Gasteiger partial charge in [-0.3, -0.25) is 0 Å². The van der Waals surface area contributed by atoms with Crippen LogP contribution in [-0.2, 0) is 10.0 Å². The van der Waals surface area contributed by atoms with E-state index in [4.69, 9.17) is 18.0 Å². The maximum Gasteiger partial charge on any atom is 0.240 e. The molecule has 6 heteroatoms. The molecule has 1 saturated carbocycles. The molecular weight excluding hydrogens is 268 g/mol. The van der Waals surface area contributed by atoms with Gasteiger partial charge in [0, 0.05) is 11.6 Å². The standard InChI is InChI=1S/C12H16N2O2S2/c13-12(17)9-5-7-11(8-6-9)18(15,16)14-10-3-1-2-4-10/h5-8,10,14H,1-4H2,(H2,13,17). The third kappa shape index (κ3) is 3.07. The Bertz CT molecular complexity index is 532. The number of hydrogen-bond donors (Lipinski definition) is 2. The molecule has 4 nitrogen and oxygen atoms in total. The molecule has 98 valence electrons. The van der Waals surface area contributed by atoms with Gasteiger partial charge in [-0.2, -0.15) is 0 Å². The minimum Gasteiger partial charge on any atom is -0.389 e. The molecule has 1 aromatic carbocycles. The zero-order chi connectivity index (χ0) is 13.2. The van der Waals surface area contributed by atoms with Crippen LogP contribution < -0.4 is 10.5 Å². The normalized spacial score (nSPS) is 16.9. The molecule has 1 aromatic rings. The van der Waals surface area contributed by atoms with E-state index in [1.807, 2.05) is 0 Å². The first-order chi connectivity index (χ1) is 8.49. The molecule has 0 spiro atoms. The van der Waals surface area contributed by atoms with Crippen LogP contribution in [0, 0.1) is 0 Å². The SMILES string of the molecule is NC(=S)c1ccc(S(=O)(=O)NC2CCCC2)cc1. The zero-order valence-electron chi connectivity index (χ0n) is 9.93. The first kappa shape index (κ1) is 13.5. The summed E-state index contributed by atoms with van der Waals surface area (Å²) in [5.74, 6) is 0. The van der Waals surface area contributed by atoms with Crippen LogP contribution in [0.5, 0.6) is 0 Å². The number of thiocarbonyl (C=S) groups is 1. The van der Waals surface area contributed by atoms with E-state index in [1.54, 1.807) is 12.1 Å². The molecule has 0 heterocycles. The minimum absolute atomic E-state index is 0.0743. The van der Waals surface area contributed by atoms with Crippen molar-refractivity contribution in [3.63, 3.8) is 0 Å². The molecule has 1 fully saturated rings. The van der Waals surface area contributed by atoms with Crippen molar-refractivity contribution < 1.29 is 8.42 Å². The van der Waals surface area contributed by atoms with Gasteiger partial charge in [0.1, 0.15) is 4.99 Å². The Balaban J connectivity index is 2.16. The molecule has 1 aliphatic carbocycles. The number of rotatable bonds is 4. The van der Waals surface area contributed by atoms with E-state index in [-0.39, 0.29) is 15.9 Å². The molecule has 3 N–H and O–H groups in total. The van der Waals surface area contributed by atoms with Gasteiger partial charge in [-0.15, -0.1) is 0 Å². The van der Waals surface area contributed by atoms with Crippen molar-refractivity contribution in [3.05, 3.63) is 29.8 Å². The first-order valence-electron chi connectivity index (χ1n) is 5.91. The lowest BCUT2D eigenvalue weighted by atomic mass is 10.2. The van der Waals surface area contributed by atoms with Gasteiger partial charge in [-0.1, -0.05) is 37.2 Å². The fourth-order valence-electron chi connectivity index (χ4n) is 2.13. The van der Waals surface area contributed by atoms with Crippen molar-refractivity contribution in [2.24, 2.45) is 5.73 Å². The molecule has 0 aliphatic heterocycles. The van der Waals surface area contributed by atoms with Crippen LogP contribution in [0.25, 0.3) is 0 Å². The topological polar surface area (TPSA) is 72.2 Å². The minimum atomic E-state index is -3.42. The van der Waals surface area contributed by atoms with Gasteiger partial charge in [-0.05, 0) is 25.0 Å². The molecular formula is C12H16N2O2S2. The maximum absolute atomic E-state index is 12.1. The number of hydrogen-bond acceptors (Lipinski definition) is 3. The van der Waals surface area contributed by atoms with E-state index < -0.39 is 10.0 Å². The van der Waals surface area contributed by atoms with Gasteiger partial charge in [0.05, 0.1) is 4.90 Å². The molecule has 0 bridgehead atoms. The highest BCUT2D eigenvalue weighted by molar-refractivity contribution is 7.89. The largest absolute Gasteiger partial charge is 0.389 e. The van der Waals surface area contributed by atoms with Crippen LogP contribution in [0.3, 0.4) is 0 Å². The van der Waals surface area contributed by atoms with Crippen LogP contribution in [0.15, 0.2) is 29.2 Å². The van der Waals surface area contributed by atoms with E-state index in [1.165, 1.54) is 12.1 Å². The predicted octanol–water partition coefficient (Wildman–Crippen LogP) is 1.54. The van der Waals surface area contributed by atoms with Gasteiger partial charge >= 0.3 is 0 Å². The Morgan fingerprint density at radius 2 is 1.78 bits per heavy atom. The van der Waals surface area contributed by atoms with Crippen LogP contribution >= 0.6 is 12.2 Å². The lowest BCUT2D eigenvalue weighted by molar-refractivity contribution is 0.552. The smallest absolute Gasteiger partial charge is 0.240 e. The number of benzene rings is 1. The predicted molar refractivity (Wildman–Crippen MR) is 74.9 cm³/mol. The van der Waals surface area contributed by atoms with Gasteiger partial charge in [0.15, 0.2) is 0 Å². The Hall–Kier alpha value is -0.980. The summed E-state index contributed by atoms with van der Waals surface area (Å²) >= 11 is 4.83. The highest BCUT2D eigenvalue weighted by atomic mass is 32.2. The molecule has 0 saturated heterocycles. The Kier molecular flexibility index (Phi) is 3.99. The van der Waals surface area contributed by atoms with E-state index in [0.29, 0.717) is 5.56 Å². The molecule has 2 rings (SSSR count). The summed E-state index contributed by atoms with van der Waals surface area (Å²) in [6, 6.07) is 6.40. The average Bonchev–Trinajstić information content (AvgIpc) is 2.81. The van der Waals surface area contributed by atoms with Crippen molar-refractivity contribution >= 4 is 27.2 Å². The first-order valence-corrected chi connectivity index (χ1v) is 7.80. The summed E-state index contributed by atoms with van der Waals surface area (Å²) in [6.45, 7) is 0. The van der Waals surface area contributed by atoms with E-state index in [2.05, 4.69) is 4.72 Å². The van der Waals surface area contributed by atoms with Gasteiger partial charge in [0.2, 0.25) is 10.0 Å². The quantitative estimate of drug-likeness (QED) is 0.823. The van der Waals surface area contributed by atoms with Gasteiger partial charge in [-0.25, -0.2) is 13.1 Å². The second-order valence-electron chi connectivity index (χ2n) is 4.49. The summed E-state index contributed by atoms with van der Waals surface area (Å²) in [5, 5.41) is 0. The molecule has 0 atom stereocenters. The molecule has 0 aromatic heterocycles. The average molecular weight is 284 g/mol. The molecule has 18 heavy (non-hydrogen) atoms. The second-order valence-corrected chi connectivity index (χ2v) is 6.65. The summed E-state index contributed by atoms with van der Waals surface area (Å²) in [5.41, 5.74) is 6.14. The van der Waals surface area contributed by atoms with Gasteiger partial charge in [0.25, 0.3) is 0 Å². The van der Waals surface area contributed by atoms with Crippen molar-refractivity contribution in [1.29, 1.82) is 0 Å². The Labute approximate surface area is 113 Å². The highest BCUT2D eigenvalue weighted by Gasteiger charge is 2.22. The maximum atomic E-state index is 12.1. The summed E-state index contributed by atoms with van der Waals surface area (Å²) in [7, 11) is -3.42. The Morgan fingerprint density at radius 1 is 1.22 bits per heavy atom. The Morgan fingerprint density at radius 3 is 2.28 bits per heavy atom. The third-order valence-electron chi connectivity index (χ3n) is 3.13. The van der Waals surface area contributed by atoms with Crippen molar-refractivity contribution in [3.8, 4) is 0 Å². The summed E-state index contributed by atoms with van der Waals surface area (Å²) in [6.07, 6.45) is 4.02. The van der Waals surface area contributed by atoms with Crippen LogP contribution in [0.4, 0.5) is 0 Å². The van der Waals surface area contributed by atoms with Crippen molar-refractivity contribution in [1.82, 2.24) is 4.72 Å². The number of nitrogens with one attached hydrogen (secondary N) is 1. The van der Waals surface area contributed by atoms with Crippen molar-refractivity contribution in [2.75, 3.05) is 0 Å². The van der Waals surface area contributed by atoms with Gasteiger partial charge < -0.3 is 5.73 Å². The molecule has 1 aliphatic rings. The van der Waals surface area contributed by atoms with Crippen LogP contribution in [0.1, 0.15) is 31.2 Å². The molecule has 0 radical (unpaired) electrons. The summed E-state index contributed by atoms with van der Waals surface area (Å²) in [4.78, 5) is 0.525. The molecule has 0 unspecified atom stereocenters. The summed E-state index contributed by atoms with van der Waals surface area (Å²) < 4.78 is 26.9. The fourth-order valence-corrected chi connectivity index (χ4v) is 3.57. The number of nitrogens with two attached hydrogens (primary N) is 1. The fraction of sp³-hybridized carbons (Fsp3) is 0.417. The van der Waals surface area contributed by atoms with Crippen molar-refractivity contribution in [2.45, 2.75) is 36.6 Å². The lowest BCUT2D eigenvalue weighted by Gasteiger charge is -2.12. The van der Waals surface area contributed by atoms with Crippen LogP contribution in [0.2, 0.25) is 0 Å². The second kappa shape index (κ2) is 5.34. The monoisotopic (exact) mass is 284 g/mol. The van der Waals surface area contributed by atoms with E-state index in [9.17, 15) is 8.42 Å². The van der Waals surface area contributed by atoms with E-state index in [0.717, 1.165) is 25.7 Å². The van der Waals surface area contributed by atoms with Crippen LogP contribution in [-0.4, -0.2) is 19.4 Å². The molecule has 0 amide bonds. The highest BCUT2D eigenvalue weighted by Crippen LogP contribution is 2.20. The third-order valence-corrected chi connectivity index (χ3v) is 4.90. The number of sulfonamides is 1.